The highest BCUT2D eigenvalue weighted by Gasteiger charge is 2.01. The Bertz CT molecular complexity index is 563. The van der Waals surface area contributed by atoms with Gasteiger partial charge in [-0.05, 0) is 37.3 Å². The fraction of sp³-hybridized carbons (Fsp3) is 0.316. The summed E-state index contributed by atoms with van der Waals surface area (Å²) in [6.45, 7) is 2.86. The quantitative estimate of drug-likeness (QED) is 0.771. The summed E-state index contributed by atoms with van der Waals surface area (Å²) in [5, 5.41) is 3.00. The maximum atomic E-state index is 11.8. The monoisotopic (exact) mass is 281 g/mol. The van der Waals surface area contributed by atoms with Crippen molar-refractivity contribution >= 4 is 5.91 Å². The maximum absolute atomic E-state index is 11.8. The van der Waals surface area contributed by atoms with Crippen LogP contribution in [0, 0.1) is 6.92 Å². The Morgan fingerprint density at radius 3 is 2.48 bits per heavy atom. The molecule has 2 rings (SSSR count). The minimum absolute atomic E-state index is 0.142. The largest absolute Gasteiger partial charge is 0.356 e. The zero-order valence-electron chi connectivity index (χ0n) is 12.6. The number of benzene rings is 2. The summed E-state index contributed by atoms with van der Waals surface area (Å²) >= 11 is 0. The van der Waals surface area contributed by atoms with Crippen LogP contribution in [-0.2, 0) is 17.6 Å². The summed E-state index contributed by atoms with van der Waals surface area (Å²) in [6, 6.07) is 18.7. The number of hydrogen-bond donors (Lipinski definition) is 1. The molecule has 0 unspecified atom stereocenters. The van der Waals surface area contributed by atoms with Gasteiger partial charge in [0.2, 0.25) is 5.91 Å². The predicted molar refractivity (Wildman–Crippen MR) is 87.3 cm³/mol. The minimum atomic E-state index is 0.142. The van der Waals surface area contributed by atoms with Crippen molar-refractivity contribution < 1.29 is 4.79 Å². The van der Waals surface area contributed by atoms with E-state index in [0.717, 1.165) is 25.8 Å². The summed E-state index contributed by atoms with van der Waals surface area (Å²) < 4.78 is 0. The zero-order chi connectivity index (χ0) is 14.9. The second-order valence-electron chi connectivity index (χ2n) is 5.43. The molecular formula is C19H23NO. The highest BCUT2D eigenvalue weighted by molar-refractivity contribution is 5.76. The normalized spacial score (nSPS) is 10.3. The SMILES string of the molecule is Cc1cccc(CCCNC(=O)CCc2ccccc2)c1. The Labute approximate surface area is 127 Å². The number of nitrogens with one attached hydrogen (secondary N) is 1. The van der Waals surface area contributed by atoms with Gasteiger partial charge in [-0.15, -0.1) is 0 Å². The second-order valence-corrected chi connectivity index (χ2v) is 5.43. The van der Waals surface area contributed by atoms with Gasteiger partial charge in [-0.2, -0.15) is 0 Å². The van der Waals surface area contributed by atoms with Crippen LogP contribution in [0.15, 0.2) is 54.6 Å². The van der Waals surface area contributed by atoms with Crippen LogP contribution in [0.2, 0.25) is 0 Å². The summed E-state index contributed by atoms with van der Waals surface area (Å²) in [5.41, 5.74) is 3.85. The molecule has 2 aromatic rings. The van der Waals surface area contributed by atoms with Crippen molar-refractivity contribution in [3.8, 4) is 0 Å². The van der Waals surface area contributed by atoms with Gasteiger partial charge in [0.1, 0.15) is 0 Å². The third-order valence-electron chi connectivity index (χ3n) is 3.53. The van der Waals surface area contributed by atoms with Crippen molar-refractivity contribution in [2.24, 2.45) is 0 Å². The molecule has 0 bridgehead atoms. The molecule has 0 saturated carbocycles. The van der Waals surface area contributed by atoms with Crippen LogP contribution in [-0.4, -0.2) is 12.5 Å². The van der Waals surface area contributed by atoms with Crippen LogP contribution in [0.1, 0.15) is 29.5 Å². The molecule has 2 heteroatoms. The highest BCUT2D eigenvalue weighted by Crippen LogP contribution is 2.06. The Morgan fingerprint density at radius 2 is 1.71 bits per heavy atom. The lowest BCUT2D eigenvalue weighted by Crippen LogP contribution is -2.24. The molecule has 0 aliphatic carbocycles. The number of rotatable bonds is 7. The van der Waals surface area contributed by atoms with E-state index in [4.69, 9.17) is 0 Å². The lowest BCUT2D eigenvalue weighted by Gasteiger charge is -2.06. The Balaban J connectivity index is 1.61. The molecule has 110 valence electrons. The van der Waals surface area contributed by atoms with E-state index in [1.165, 1.54) is 16.7 Å². The molecular weight excluding hydrogens is 258 g/mol. The first-order valence-corrected chi connectivity index (χ1v) is 7.60. The molecule has 0 atom stereocenters. The van der Waals surface area contributed by atoms with Crippen molar-refractivity contribution in [3.63, 3.8) is 0 Å². The molecule has 0 aliphatic rings. The molecule has 1 N–H and O–H groups in total. The number of carbonyl (C=O) groups is 1. The van der Waals surface area contributed by atoms with Crippen molar-refractivity contribution in [2.45, 2.75) is 32.6 Å². The van der Waals surface area contributed by atoms with E-state index < -0.39 is 0 Å². The highest BCUT2D eigenvalue weighted by atomic mass is 16.1. The minimum Gasteiger partial charge on any atom is -0.356 e. The van der Waals surface area contributed by atoms with Gasteiger partial charge >= 0.3 is 0 Å². The van der Waals surface area contributed by atoms with E-state index in [-0.39, 0.29) is 5.91 Å². The first-order valence-electron chi connectivity index (χ1n) is 7.60. The standard InChI is InChI=1S/C19H23NO/c1-16-7-5-10-18(15-16)11-6-14-20-19(21)13-12-17-8-3-2-4-9-17/h2-5,7-10,15H,6,11-14H2,1H3,(H,20,21). The van der Waals surface area contributed by atoms with Gasteiger partial charge in [0.15, 0.2) is 0 Å². The lowest BCUT2D eigenvalue weighted by molar-refractivity contribution is -0.121. The van der Waals surface area contributed by atoms with Gasteiger partial charge in [-0.25, -0.2) is 0 Å². The second kappa shape index (κ2) is 8.25. The average molecular weight is 281 g/mol. The summed E-state index contributed by atoms with van der Waals surface area (Å²) in [5.74, 6) is 0.142. The van der Waals surface area contributed by atoms with Gasteiger partial charge < -0.3 is 5.32 Å². The Morgan fingerprint density at radius 1 is 0.952 bits per heavy atom. The lowest BCUT2D eigenvalue weighted by atomic mass is 10.1. The van der Waals surface area contributed by atoms with E-state index in [0.29, 0.717) is 6.42 Å². The zero-order valence-corrected chi connectivity index (χ0v) is 12.6. The van der Waals surface area contributed by atoms with Crippen LogP contribution in [0.4, 0.5) is 0 Å². The molecule has 0 radical (unpaired) electrons. The molecule has 0 saturated heterocycles. The molecule has 0 aliphatic heterocycles. The third kappa shape index (κ3) is 5.82. The summed E-state index contributed by atoms with van der Waals surface area (Å²) in [4.78, 5) is 11.8. The maximum Gasteiger partial charge on any atom is 0.220 e. The fourth-order valence-electron chi connectivity index (χ4n) is 2.38. The van der Waals surface area contributed by atoms with Crippen LogP contribution in [0.3, 0.4) is 0 Å². The molecule has 2 aromatic carbocycles. The van der Waals surface area contributed by atoms with Crippen LogP contribution < -0.4 is 5.32 Å². The van der Waals surface area contributed by atoms with Crippen molar-refractivity contribution in [1.82, 2.24) is 5.32 Å². The number of amides is 1. The van der Waals surface area contributed by atoms with E-state index in [9.17, 15) is 4.79 Å². The number of hydrogen-bond acceptors (Lipinski definition) is 1. The molecule has 0 aromatic heterocycles. The van der Waals surface area contributed by atoms with Crippen molar-refractivity contribution in [2.75, 3.05) is 6.54 Å². The van der Waals surface area contributed by atoms with Crippen LogP contribution in [0.5, 0.6) is 0 Å². The first-order chi connectivity index (χ1) is 10.2. The molecule has 0 heterocycles. The number of carbonyl (C=O) groups excluding carboxylic acids is 1. The van der Waals surface area contributed by atoms with Gasteiger partial charge in [-0.1, -0.05) is 60.2 Å². The van der Waals surface area contributed by atoms with Crippen LogP contribution >= 0.6 is 0 Å². The Hall–Kier alpha value is -2.09. The fourth-order valence-corrected chi connectivity index (χ4v) is 2.38. The molecule has 0 spiro atoms. The molecule has 1 amide bonds. The van der Waals surface area contributed by atoms with Crippen LogP contribution in [0.25, 0.3) is 0 Å². The van der Waals surface area contributed by atoms with Gasteiger partial charge in [0.25, 0.3) is 0 Å². The van der Waals surface area contributed by atoms with Gasteiger partial charge in [0, 0.05) is 13.0 Å². The summed E-state index contributed by atoms with van der Waals surface area (Å²) in [6.07, 6.45) is 3.38. The smallest absolute Gasteiger partial charge is 0.220 e. The topological polar surface area (TPSA) is 29.1 Å². The average Bonchev–Trinajstić information content (AvgIpc) is 2.51. The molecule has 21 heavy (non-hydrogen) atoms. The Kier molecular flexibility index (Phi) is 6.01. The van der Waals surface area contributed by atoms with Gasteiger partial charge in [-0.3, -0.25) is 4.79 Å². The van der Waals surface area contributed by atoms with Crippen molar-refractivity contribution in [3.05, 3.63) is 71.3 Å². The number of aryl methyl sites for hydroxylation is 3. The summed E-state index contributed by atoms with van der Waals surface area (Å²) in [7, 11) is 0. The predicted octanol–water partition coefficient (Wildman–Crippen LogP) is 3.68. The molecule has 0 fully saturated rings. The molecule has 2 nitrogen and oxygen atoms in total. The van der Waals surface area contributed by atoms with E-state index in [1.54, 1.807) is 0 Å². The first kappa shape index (κ1) is 15.3. The van der Waals surface area contributed by atoms with E-state index in [1.807, 2.05) is 18.2 Å². The van der Waals surface area contributed by atoms with E-state index >= 15 is 0 Å². The third-order valence-corrected chi connectivity index (χ3v) is 3.53. The van der Waals surface area contributed by atoms with Gasteiger partial charge in [0.05, 0.1) is 0 Å². The van der Waals surface area contributed by atoms with Crippen molar-refractivity contribution in [1.29, 1.82) is 0 Å². The van der Waals surface area contributed by atoms with E-state index in [2.05, 4.69) is 48.6 Å².